The number of rotatable bonds is 10. The Kier molecular flexibility index (Phi) is 9.89. The molecule has 1 aromatic heterocycles. The van der Waals surface area contributed by atoms with Gasteiger partial charge >= 0.3 is 0 Å². The van der Waals surface area contributed by atoms with Gasteiger partial charge in [0.2, 0.25) is 10.0 Å². The molecule has 0 aliphatic carbocycles. The summed E-state index contributed by atoms with van der Waals surface area (Å²) in [4.78, 5) is 13.3. The number of benzene rings is 3. The second kappa shape index (κ2) is 13.4. The molecule has 4 aromatic rings. The number of carbonyl (C=O) groups excluding carboxylic acids is 1. The lowest BCUT2D eigenvalue weighted by molar-refractivity contribution is 0.0983. The molecule has 5 rings (SSSR count). The molecule has 0 saturated carbocycles. The first kappa shape index (κ1) is 34.0. The Hall–Kier alpha value is -3.38. The molecule has 246 valence electrons. The lowest BCUT2D eigenvalue weighted by atomic mass is 10.0. The zero-order valence-electron chi connectivity index (χ0n) is 26.8. The molecule has 1 atom stereocenters. The van der Waals surface area contributed by atoms with Gasteiger partial charge in [0.05, 0.1) is 22.0 Å². The Morgan fingerprint density at radius 1 is 0.978 bits per heavy atom. The van der Waals surface area contributed by atoms with Gasteiger partial charge in [-0.15, -0.1) is 0 Å². The van der Waals surface area contributed by atoms with Crippen LogP contribution in [0.25, 0.3) is 10.9 Å². The van der Waals surface area contributed by atoms with Gasteiger partial charge in [0.15, 0.2) is 0 Å². The Morgan fingerprint density at radius 2 is 1.63 bits per heavy atom. The molecule has 1 amide bonds. The predicted octanol–water partition coefficient (Wildman–Crippen LogP) is 6.54. The highest BCUT2D eigenvalue weighted by Crippen LogP contribution is 2.30. The largest absolute Gasteiger partial charge is 0.494 e. The van der Waals surface area contributed by atoms with Crippen molar-refractivity contribution in [2.24, 2.45) is 5.92 Å². The first-order valence-electron chi connectivity index (χ1n) is 15.4. The quantitative estimate of drug-likeness (QED) is 0.190. The minimum atomic E-state index is -4.28. The molecular weight excluding hydrogens is 646 g/mol. The van der Waals surface area contributed by atoms with E-state index in [4.69, 9.17) is 16.3 Å². The average molecular weight is 686 g/mol. The highest BCUT2D eigenvalue weighted by molar-refractivity contribution is 7.90. The van der Waals surface area contributed by atoms with Gasteiger partial charge in [0, 0.05) is 41.3 Å². The third-order valence-corrected chi connectivity index (χ3v) is 12.5. The van der Waals surface area contributed by atoms with Gasteiger partial charge in [-0.2, -0.15) is 4.31 Å². The van der Waals surface area contributed by atoms with Gasteiger partial charge in [-0.1, -0.05) is 24.6 Å². The van der Waals surface area contributed by atoms with Crippen molar-refractivity contribution >= 4 is 48.5 Å². The lowest BCUT2D eigenvalue weighted by Gasteiger charge is -2.30. The number of ether oxygens (including phenoxy) is 1. The Labute approximate surface area is 276 Å². The van der Waals surface area contributed by atoms with Crippen molar-refractivity contribution in [1.82, 2.24) is 13.6 Å². The maximum absolute atomic E-state index is 13.4. The zero-order chi connectivity index (χ0) is 33.4. The highest BCUT2D eigenvalue weighted by Gasteiger charge is 2.29. The van der Waals surface area contributed by atoms with Crippen LogP contribution in [-0.4, -0.2) is 51.3 Å². The summed E-state index contributed by atoms with van der Waals surface area (Å²) in [6, 6.07) is 14.1. The number of halogens is 1. The smallest absolute Gasteiger partial charge is 0.265 e. The molecule has 46 heavy (non-hydrogen) atoms. The Balaban J connectivity index is 1.30. The maximum atomic E-state index is 13.4. The molecule has 1 saturated heterocycles. The molecule has 3 aromatic carbocycles. The monoisotopic (exact) mass is 685 g/mol. The van der Waals surface area contributed by atoms with Crippen LogP contribution in [0.15, 0.2) is 64.4 Å². The number of aromatic nitrogens is 1. The van der Waals surface area contributed by atoms with Crippen LogP contribution >= 0.6 is 11.6 Å². The number of piperidine rings is 1. The topological polar surface area (TPSA) is 115 Å². The van der Waals surface area contributed by atoms with Crippen molar-refractivity contribution in [2.75, 3.05) is 19.7 Å². The van der Waals surface area contributed by atoms with E-state index in [9.17, 15) is 21.6 Å². The fourth-order valence-corrected chi connectivity index (χ4v) is 8.82. The minimum Gasteiger partial charge on any atom is -0.494 e. The molecule has 12 heteroatoms. The summed E-state index contributed by atoms with van der Waals surface area (Å²) in [6.07, 6.45) is 2.46. The van der Waals surface area contributed by atoms with E-state index in [0.29, 0.717) is 38.0 Å². The van der Waals surface area contributed by atoms with E-state index in [0.717, 1.165) is 51.5 Å². The number of hydrogen-bond acceptors (Lipinski definition) is 6. The van der Waals surface area contributed by atoms with Gasteiger partial charge in [0.25, 0.3) is 15.9 Å². The molecule has 1 aliphatic heterocycles. The Morgan fingerprint density at radius 3 is 2.28 bits per heavy atom. The first-order chi connectivity index (χ1) is 21.7. The third kappa shape index (κ3) is 6.83. The normalized spacial score (nSPS) is 16.1. The molecule has 2 heterocycles. The maximum Gasteiger partial charge on any atom is 0.265 e. The second-order valence-corrected chi connectivity index (χ2v) is 16.1. The van der Waals surface area contributed by atoms with Crippen molar-refractivity contribution in [3.63, 3.8) is 0 Å². The van der Waals surface area contributed by atoms with Crippen molar-refractivity contribution in [1.29, 1.82) is 0 Å². The summed E-state index contributed by atoms with van der Waals surface area (Å²) in [5, 5.41) is 1.41. The number of amides is 1. The molecule has 0 bridgehead atoms. The molecule has 1 aliphatic rings. The summed E-state index contributed by atoms with van der Waals surface area (Å²) < 4.78 is 64.5. The Bertz CT molecular complexity index is 1980. The van der Waals surface area contributed by atoms with Crippen molar-refractivity contribution in [3.05, 3.63) is 87.6 Å². The molecule has 1 unspecified atom stereocenters. The molecule has 9 nitrogen and oxygen atoms in total. The van der Waals surface area contributed by atoms with Crippen LogP contribution in [-0.2, 0) is 26.6 Å². The summed E-state index contributed by atoms with van der Waals surface area (Å²) >= 11 is 6.27. The standard InChI is InChI=1S/C34H40ClN3O6S2/c1-22-9-7-16-37(21-22)46(42,43)29-14-12-28(13-15-29)45(40,41)36-34(39)30-10-6-11-31-32(30)25(4)26(5)38(31)17-8-18-44-27-19-23(2)33(35)24(3)20-27/h6,10-15,19-20,22H,7-9,16-18,21H2,1-5H3,(H,36,39). The first-order valence-corrected chi connectivity index (χ1v) is 18.7. The number of hydrogen-bond donors (Lipinski definition) is 1. The fourth-order valence-electron chi connectivity index (χ4n) is 6.14. The van der Waals surface area contributed by atoms with Gasteiger partial charge < -0.3 is 9.30 Å². The SMILES string of the molecule is Cc1cc(OCCCn2c(C)c(C)c3c(C(=O)NS(=O)(=O)c4ccc(S(=O)(=O)N5CCCC(C)C5)cc4)cccc32)cc(C)c1Cl. The van der Waals surface area contributed by atoms with Crippen molar-refractivity contribution in [3.8, 4) is 5.75 Å². The van der Waals surface area contributed by atoms with Crippen LogP contribution in [0, 0.1) is 33.6 Å². The number of fused-ring (bicyclic) bond motifs is 1. The van der Waals surface area contributed by atoms with E-state index in [1.807, 2.05) is 52.8 Å². The molecular formula is C34H40ClN3O6S2. The van der Waals surface area contributed by atoms with Crippen molar-refractivity contribution < 1.29 is 26.4 Å². The zero-order valence-corrected chi connectivity index (χ0v) is 29.2. The molecule has 1 fully saturated rings. The number of sulfonamides is 2. The summed E-state index contributed by atoms with van der Waals surface area (Å²) in [7, 11) is -8.03. The van der Waals surface area contributed by atoms with E-state index in [1.54, 1.807) is 12.1 Å². The summed E-state index contributed by atoms with van der Waals surface area (Å²) in [6.45, 7) is 11.8. The molecule has 0 radical (unpaired) electrons. The lowest BCUT2D eigenvalue weighted by Crippen LogP contribution is -2.39. The van der Waals surface area contributed by atoms with E-state index in [2.05, 4.69) is 9.29 Å². The van der Waals surface area contributed by atoms with Gasteiger partial charge in [-0.3, -0.25) is 4.79 Å². The number of nitrogens with zero attached hydrogens (tertiary/aromatic N) is 2. The van der Waals surface area contributed by atoms with Crippen LogP contribution in [0.2, 0.25) is 5.02 Å². The second-order valence-electron chi connectivity index (χ2n) is 12.2. The average Bonchev–Trinajstić information content (AvgIpc) is 3.26. The van der Waals surface area contributed by atoms with E-state index in [1.165, 1.54) is 28.6 Å². The highest BCUT2D eigenvalue weighted by atomic mass is 35.5. The van der Waals surface area contributed by atoms with Gasteiger partial charge in [-0.05, 0) is 118 Å². The number of nitrogens with one attached hydrogen (secondary N) is 1. The van der Waals surface area contributed by atoms with Crippen LogP contribution in [0.3, 0.4) is 0 Å². The van der Waals surface area contributed by atoms with E-state index < -0.39 is 26.0 Å². The van der Waals surface area contributed by atoms with Crippen LogP contribution < -0.4 is 9.46 Å². The van der Waals surface area contributed by atoms with Crippen molar-refractivity contribution in [2.45, 2.75) is 70.2 Å². The number of carbonyl (C=O) groups is 1. The van der Waals surface area contributed by atoms with Crippen LogP contribution in [0.4, 0.5) is 0 Å². The predicted molar refractivity (Wildman–Crippen MR) is 181 cm³/mol. The summed E-state index contributed by atoms with van der Waals surface area (Å²) in [5.41, 5.74) is 4.82. The van der Waals surface area contributed by atoms with Gasteiger partial charge in [-0.25, -0.2) is 21.6 Å². The van der Waals surface area contributed by atoms with Crippen LogP contribution in [0.1, 0.15) is 58.9 Å². The fraction of sp³-hybridized carbons (Fsp3) is 0.382. The summed E-state index contributed by atoms with van der Waals surface area (Å²) in [5.74, 6) is 0.259. The third-order valence-electron chi connectivity index (χ3n) is 8.72. The van der Waals surface area contributed by atoms with Crippen LogP contribution in [0.5, 0.6) is 5.75 Å². The number of aryl methyl sites for hydroxylation is 4. The molecule has 1 N–H and O–H groups in total. The van der Waals surface area contributed by atoms with E-state index >= 15 is 0 Å². The minimum absolute atomic E-state index is 0.0212. The molecule has 0 spiro atoms. The van der Waals surface area contributed by atoms with E-state index in [-0.39, 0.29) is 21.3 Å². The van der Waals surface area contributed by atoms with Gasteiger partial charge in [0.1, 0.15) is 5.75 Å².